The van der Waals surface area contributed by atoms with Crippen molar-refractivity contribution < 1.29 is 13.2 Å². The van der Waals surface area contributed by atoms with Crippen LogP contribution in [0.1, 0.15) is 37.1 Å². The van der Waals surface area contributed by atoms with Gasteiger partial charge in [0.1, 0.15) is 6.04 Å². The first kappa shape index (κ1) is 22.5. The molecule has 0 amide bonds. The van der Waals surface area contributed by atoms with Crippen LogP contribution < -0.4 is 16.2 Å². The molecule has 3 N–H and O–H groups in total. The number of aliphatic imine (C=N–C) groups is 1. The molecule has 9 heteroatoms. The first-order valence-electron chi connectivity index (χ1n) is 8.40. The van der Waals surface area contributed by atoms with Crippen LogP contribution in [0, 0.1) is 17.9 Å². The standard InChI is InChI=1S/C20H15F3N6.CH4/c1-12-17(26-2)18(14-8-6-13(11-24)7-9-14)27-19(28-25)29(12)16-5-3-4-15(10-16)20(21,22)23;/h3-10,18H,25H2,1H3,(H,27,28);1H4. The lowest BCUT2D eigenvalue weighted by Crippen LogP contribution is -2.46. The first-order chi connectivity index (χ1) is 13.8. The molecule has 0 aliphatic carbocycles. The third-order valence-corrected chi connectivity index (χ3v) is 4.47. The van der Waals surface area contributed by atoms with Crippen LogP contribution in [-0.4, -0.2) is 5.96 Å². The zero-order chi connectivity index (χ0) is 21.2. The number of hydrogen-bond donors (Lipinski definition) is 2. The molecule has 1 aliphatic rings. The topological polar surface area (TPSA) is 81.8 Å². The van der Waals surface area contributed by atoms with E-state index in [-0.39, 0.29) is 24.8 Å². The number of hydrogen-bond acceptors (Lipinski definition) is 5. The highest BCUT2D eigenvalue weighted by Crippen LogP contribution is 2.38. The lowest BCUT2D eigenvalue weighted by atomic mass is 10.00. The summed E-state index contributed by atoms with van der Waals surface area (Å²) in [7, 11) is 0. The number of hydrazine groups is 1. The molecular weight excluding hydrogens is 393 g/mol. The zero-order valence-corrected chi connectivity index (χ0v) is 15.2. The zero-order valence-electron chi connectivity index (χ0n) is 15.2. The quantitative estimate of drug-likeness (QED) is 0.424. The number of allylic oxidation sites excluding steroid dienone is 1. The third kappa shape index (κ3) is 4.12. The van der Waals surface area contributed by atoms with Crippen molar-refractivity contribution in [3.63, 3.8) is 0 Å². The normalized spacial score (nSPS) is 16.2. The van der Waals surface area contributed by atoms with Crippen molar-refractivity contribution in [1.82, 2.24) is 5.43 Å². The van der Waals surface area contributed by atoms with Crippen molar-refractivity contribution in [2.75, 3.05) is 4.90 Å². The van der Waals surface area contributed by atoms with E-state index in [0.29, 0.717) is 16.8 Å². The van der Waals surface area contributed by atoms with Crippen LogP contribution in [-0.2, 0) is 6.18 Å². The Kier molecular flexibility index (Phi) is 6.50. The van der Waals surface area contributed by atoms with Gasteiger partial charge in [0.05, 0.1) is 23.8 Å². The molecule has 1 aliphatic heterocycles. The molecule has 6 nitrogen and oxygen atoms in total. The third-order valence-electron chi connectivity index (χ3n) is 4.47. The lowest BCUT2D eigenvalue weighted by molar-refractivity contribution is -0.137. The Bertz CT molecular complexity index is 1070. The molecule has 3 rings (SSSR count). The predicted molar refractivity (Wildman–Crippen MR) is 109 cm³/mol. The van der Waals surface area contributed by atoms with Crippen molar-refractivity contribution >= 4 is 11.6 Å². The summed E-state index contributed by atoms with van der Waals surface area (Å²) in [6, 6.07) is 12.6. The van der Waals surface area contributed by atoms with Gasteiger partial charge in [-0.25, -0.2) is 15.7 Å². The number of nitrogens with two attached hydrogens (primary N) is 1. The van der Waals surface area contributed by atoms with E-state index in [4.69, 9.17) is 17.7 Å². The van der Waals surface area contributed by atoms with Crippen molar-refractivity contribution in [2.45, 2.75) is 26.6 Å². The number of halogens is 3. The SMILES string of the molecule is C.[C-]#[N+]C1=C(C)N(c2cccc(C(F)(F)F)c2)C(NN)=NC1c1ccc(C#N)cc1. The van der Waals surface area contributed by atoms with Gasteiger partial charge in [0.2, 0.25) is 11.7 Å². The van der Waals surface area contributed by atoms with Crippen LogP contribution >= 0.6 is 0 Å². The maximum absolute atomic E-state index is 13.1. The molecule has 0 radical (unpaired) electrons. The molecule has 2 aromatic rings. The monoisotopic (exact) mass is 412 g/mol. The minimum Gasteiger partial charge on any atom is -0.295 e. The van der Waals surface area contributed by atoms with E-state index >= 15 is 0 Å². The summed E-state index contributed by atoms with van der Waals surface area (Å²) in [5, 5.41) is 8.95. The Hall–Kier alpha value is -3.82. The molecule has 0 aromatic heterocycles. The molecule has 0 saturated carbocycles. The van der Waals surface area contributed by atoms with Crippen LogP contribution in [0.4, 0.5) is 18.9 Å². The molecule has 2 aromatic carbocycles. The molecule has 1 unspecified atom stereocenters. The van der Waals surface area contributed by atoms with E-state index in [1.54, 1.807) is 31.2 Å². The van der Waals surface area contributed by atoms with Crippen LogP contribution in [0.25, 0.3) is 4.85 Å². The second-order valence-electron chi connectivity index (χ2n) is 6.20. The largest absolute Gasteiger partial charge is 0.416 e. The summed E-state index contributed by atoms with van der Waals surface area (Å²) in [5.41, 5.74) is 3.53. The summed E-state index contributed by atoms with van der Waals surface area (Å²) in [6.07, 6.45) is -4.51. The van der Waals surface area contributed by atoms with Crippen molar-refractivity contribution in [3.8, 4) is 6.07 Å². The Balaban J connectivity index is 0.00000320. The number of alkyl halides is 3. The maximum Gasteiger partial charge on any atom is 0.416 e. The van der Waals surface area contributed by atoms with Gasteiger partial charge in [0, 0.05) is 11.4 Å². The van der Waals surface area contributed by atoms with Crippen molar-refractivity contribution in [3.05, 3.63) is 88.0 Å². The van der Waals surface area contributed by atoms with Crippen molar-refractivity contribution in [1.29, 1.82) is 5.26 Å². The van der Waals surface area contributed by atoms with E-state index in [2.05, 4.69) is 15.3 Å². The van der Waals surface area contributed by atoms with E-state index in [1.807, 2.05) is 6.07 Å². The second kappa shape index (κ2) is 8.68. The van der Waals surface area contributed by atoms with Crippen LogP contribution in [0.3, 0.4) is 0 Å². The second-order valence-corrected chi connectivity index (χ2v) is 6.20. The van der Waals surface area contributed by atoms with Gasteiger partial charge < -0.3 is 0 Å². The molecular formula is C21H19F3N6. The molecule has 0 bridgehead atoms. The average molecular weight is 412 g/mol. The van der Waals surface area contributed by atoms with E-state index < -0.39 is 17.8 Å². The number of rotatable bonds is 2. The molecule has 1 heterocycles. The van der Waals surface area contributed by atoms with Crippen molar-refractivity contribution in [2.24, 2.45) is 10.8 Å². The van der Waals surface area contributed by atoms with Gasteiger partial charge in [0.15, 0.2) is 0 Å². The highest BCUT2D eigenvalue weighted by atomic mass is 19.4. The molecule has 1 atom stereocenters. The van der Waals surface area contributed by atoms with Gasteiger partial charge in [0.25, 0.3) is 0 Å². The fraction of sp³-hybridized carbons (Fsp3) is 0.190. The number of nitrogens with zero attached hydrogens (tertiary/aromatic N) is 4. The summed E-state index contributed by atoms with van der Waals surface area (Å²) < 4.78 is 39.4. The van der Waals surface area contributed by atoms with Crippen LogP contribution in [0.15, 0.2) is 64.9 Å². The van der Waals surface area contributed by atoms with Gasteiger partial charge in [-0.15, -0.1) is 0 Å². The summed E-state index contributed by atoms with van der Waals surface area (Å²) in [4.78, 5) is 9.40. The van der Waals surface area contributed by atoms with Gasteiger partial charge in [-0.2, -0.15) is 18.4 Å². The van der Waals surface area contributed by atoms with Crippen LogP contribution in [0.5, 0.6) is 0 Å². The fourth-order valence-corrected chi connectivity index (χ4v) is 3.07. The Morgan fingerprint density at radius 1 is 1.23 bits per heavy atom. The summed E-state index contributed by atoms with van der Waals surface area (Å²) in [6.45, 7) is 9.21. The Labute approximate surface area is 172 Å². The van der Waals surface area contributed by atoms with E-state index in [0.717, 1.165) is 12.1 Å². The van der Waals surface area contributed by atoms with E-state index in [9.17, 15) is 13.2 Å². The number of guanidine groups is 1. The number of benzene rings is 2. The minimum absolute atomic E-state index is 0. The lowest BCUT2D eigenvalue weighted by Gasteiger charge is -2.33. The molecule has 0 spiro atoms. The fourth-order valence-electron chi connectivity index (χ4n) is 3.07. The number of nitriles is 1. The average Bonchev–Trinajstić information content (AvgIpc) is 2.72. The molecule has 30 heavy (non-hydrogen) atoms. The highest BCUT2D eigenvalue weighted by Gasteiger charge is 2.34. The maximum atomic E-state index is 13.1. The van der Waals surface area contributed by atoms with Gasteiger partial charge >= 0.3 is 6.18 Å². The van der Waals surface area contributed by atoms with Gasteiger partial charge in [-0.1, -0.05) is 25.6 Å². The molecule has 154 valence electrons. The highest BCUT2D eigenvalue weighted by molar-refractivity contribution is 6.00. The van der Waals surface area contributed by atoms with E-state index in [1.165, 1.54) is 17.0 Å². The number of anilines is 1. The smallest absolute Gasteiger partial charge is 0.295 e. The Morgan fingerprint density at radius 3 is 2.43 bits per heavy atom. The molecule has 0 fully saturated rings. The summed E-state index contributed by atoms with van der Waals surface area (Å²) in [5.74, 6) is 5.70. The van der Waals surface area contributed by atoms with Gasteiger partial charge in [-0.3, -0.25) is 10.3 Å². The Morgan fingerprint density at radius 2 is 1.90 bits per heavy atom. The predicted octanol–water partition coefficient (Wildman–Crippen LogP) is 4.74. The minimum atomic E-state index is -4.51. The van der Waals surface area contributed by atoms with Crippen LogP contribution in [0.2, 0.25) is 0 Å². The number of nitrogens with one attached hydrogen (secondary N) is 1. The molecule has 0 saturated heterocycles. The summed E-state index contributed by atoms with van der Waals surface area (Å²) >= 11 is 0. The van der Waals surface area contributed by atoms with Gasteiger partial charge in [-0.05, 0) is 42.8 Å². The first-order valence-corrected chi connectivity index (χ1v) is 8.40.